The van der Waals surface area contributed by atoms with Gasteiger partial charge < -0.3 is 0 Å². The monoisotopic (exact) mass is 340 g/mol. The summed E-state index contributed by atoms with van der Waals surface area (Å²) in [5, 5.41) is 4.04. The van der Waals surface area contributed by atoms with E-state index in [1.165, 1.54) is 37.7 Å². The maximum atomic E-state index is 13.2. The normalized spacial score (nSPS) is 45.4. The van der Waals surface area contributed by atoms with E-state index in [-0.39, 0.29) is 21.3 Å². The highest BCUT2D eigenvalue weighted by molar-refractivity contribution is 8.16. The molecule has 4 aliphatic rings. The fourth-order valence-electron chi connectivity index (χ4n) is 6.80. The summed E-state index contributed by atoms with van der Waals surface area (Å²) in [6.45, 7) is 4.84. The van der Waals surface area contributed by atoms with Crippen molar-refractivity contribution in [3.63, 3.8) is 0 Å². The zero-order valence-electron chi connectivity index (χ0n) is 14.8. The van der Waals surface area contributed by atoms with Gasteiger partial charge in [-0.3, -0.25) is 4.79 Å². The van der Waals surface area contributed by atoms with Gasteiger partial charge in [0.25, 0.3) is 0 Å². The first-order chi connectivity index (χ1) is 11.5. The van der Waals surface area contributed by atoms with Crippen LogP contribution in [0.2, 0.25) is 0 Å². The standard InChI is InChI=1S/C22H28OS/c1-21(2)17-10-11-22(21,19(23)13-17)20-16-8-9-18(12-16)24(20)14-15-6-4-3-5-7-15/h3-7,14,16-18,20H,8-13H2,1-2H3/t16-,17-,18+,20+,22+,24?/m1/s1. The lowest BCUT2D eigenvalue weighted by Gasteiger charge is -2.46. The Labute approximate surface area is 148 Å². The lowest BCUT2D eigenvalue weighted by Crippen LogP contribution is -2.48. The van der Waals surface area contributed by atoms with Crippen LogP contribution in [0.3, 0.4) is 0 Å². The Morgan fingerprint density at radius 1 is 1.12 bits per heavy atom. The summed E-state index contributed by atoms with van der Waals surface area (Å²) in [5.74, 6) is 2.07. The first kappa shape index (κ1) is 15.4. The third-order valence-electron chi connectivity index (χ3n) is 8.08. The Bertz CT molecular complexity index is 719. The van der Waals surface area contributed by atoms with E-state index in [0.29, 0.717) is 17.0 Å². The van der Waals surface area contributed by atoms with E-state index >= 15 is 0 Å². The maximum Gasteiger partial charge on any atom is 0.140 e. The van der Waals surface area contributed by atoms with Gasteiger partial charge in [0.2, 0.25) is 0 Å². The SMILES string of the molecule is CC1(C)[C@@H]2CC[C@@]1([C@@H]1[C@@H]3CC[C@@H](C3)S1=Cc1ccccc1)C(=O)C2. The molecule has 0 amide bonds. The molecule has 0 aromatic heterocycles. The van der Waals surface area contributed by atoms with Crippen molar-refractivity contribution in [2.24, 2.45) is 22.7 Å². The molecular weight excluding hydrogens is 312 g/mol. The highest BCUT2D eigenvalue weighted by atomic mass is 32.2. The van der Waals surface area contributed by atoms with Crippen molar-refractivity contribution < 1.29 is 4.79 Å². The molecule has 1 nitrogen and oxygen atoms in total. The molecule has 5 rings (SSSR count). The van der Waals surface area contributed by atoms with Crippen molar-refractivity contribution in [3.8, 4) is 0 Å². The molecule has 3 saturated carbocycles. The van der Waals surface area contributed by atoms with Gasteiger partial charge in [-0.15, -0.1) is 0 Å². The molecule has 24 heavy (non-hydrogen) atoms. The molecule has 1 aliphatic heterocycles. The largest absolute Gasteiger partial charge is 0.299 e. The van der Waals surface area contributed by atoms with E-state index in [2.05, 4.69) is 49.5 Å². The van der Waals surface area contributed by atoms with Crippen molar-refractivity contribution in [2.45, 2.75) is 62.9 Å². The topological polar surface area (TPSA) is 17.1 Å². The minimum atomic E-state index is -0.00804. The average Bonchev–Trinajstić information content (AvgIpc) is 3.27. The van der Waals surface area contributed by atoms with E-state index in [9.17, 15) is 4.79 Å². The summed E-state index contributed by atoms with van der Waals surface area (Å²) in [5.41, 5.74) is 1.58. The van der Waals surface area contributed by atoms with Gasteiger partial charge in [-0.1, -0.05) is 44.2 Å². The van der Waals surface area contributed by atoms with E-state index in [0.717, 1.165) is 17.6 Å². The van der Waals surface area contributed by atoms with E-state index < -0.39 is 0 Å². The van der Waals surface area contributed by atoms with Crippen molar-refractivity contribution in [3.05, 3.63) is 35.9 Å². The van der Waals surface area contributed by atoms with Gasteiger partial charge in [0, 0.05) is 22.3 Å². The Morgan fingerprint density at radius 2 is 1.92 bits per heavy atom. The molecule has 1 heterocycles. The van der Waals surface area contributed by atoms with Crippen molar-refractivity contribution in [1.82, 2.24) is 0 Å². The highest BCUT2D eigenvalue weighted by Gasteiger charge is 2.70. The van der Waals surface area contributed by atoms with Crippen LogP contribution in [0.1, 0.15) is 57.9 Å². The molecule has 4 fully saturated rings. The number of carbonyl (C=O) groups excluding carboxylic acids is 1. The molecule has 128 valence electrons. The molecule has 6 atom stereocenters. The van der Waals surface area contributed by atoms with Gasteiger partial charge in [-0.2, -0.15) is 10.5 Å². The Morgan fingerprint density at radius 3 is 2.58 bits per heavy atom. The Kier molecular flexibility index (Phi) is 3.24. The van der Waals surface area contributed by atoms with Crippen molar-refractivity contribution >= 4 is 21.6 Å². The molecule has 1 unspecified atom stereocenters. The zero-order valence-corrected chi connectivity index (χ0v) is 15.6. The Hall–Kier alpha value is -0.890. The van der Waals surface area contributed by atoms with Crippen LogP contribution in [0, 0.1) is 22.7 Å². The number of carbonyl (C=O) groups is 1. The van der Waals surface area contributed by atoms with Crippen LogP contribution in [0.5, 0.6) is 0 Å². The van der Waals surface area contributed by atoms with Crippen LogP contribution < -0.4 is 0 Å². The van der Waals surface area contributed by atoms with Gasteiger partial charge in [0.1, 0.15) is 5.78 Å². The molecule has 1 aromatic carbocycles. The molecule has 2 heteroatoms. The molecular formula is C22H28OS. The maximum absolute atomic E-state index is 13.2. The minimum absolute atomic E-state index is 0.00804. The second-order valence-electron chi connectivity index (χ2n) is 9.11. The van der Waals surface area contributed by atoms with E-state index in [1.54, 1.807) is 0 Å². The number of hydrogen-bond donors (Lipinski definition) is 0. The smallest absolute Gasteiger partial charge is 0.140 e. The predicted molar refractivity (Wildman–Crippen MR) is 103 cm³/mol. The van der Waals surface area contributed by atoms with Gasteiger partial charge in [0.15, 0.2) is 0 Å². The van der Waals surface area contributed by atoms with Crippen molar-refractivity contribution in [2.75, 3.05) is 0 Å². The third kappa shape index (κ3) is 1.79. The summed E-state index contributed by atoms with van der Waals surface area (Å²) in [4.78, 5) is 13.2. The van der Waals surface area contributed by atoms with Gasteiger partial charge in [-0.25, -0.2) is 0 Å². The first-order valence-corrected chi connectivity index (χ1v) is 11.1. The number of rotatable bonds is 2. The van der Waals surface area contributed by atoms with Crippen LogP contribution in [0.15, 0.2) is 30.3 Å². The highest BCUT2D eigenvalue weighted by Crippen LogP contribution is 2.72. The lowest BCUT2D eigenvalue weighted by molar-refractivity contribution is -0.130. The van der Waals surface area contributed by atoms with Crippen LogP contribution in [0.25, 0.3) is 0 Å². The van der Waals surface area contributed by atoms with Crippen LogP contribution in [-0.2, 0) is 4.79 Å². The second kappa shape index (κ2) is 5.06. The average molecular weight is 341 g/mol. The number of Topliss-reactive ketones (excluding diaryl/α,β-unsaturated/α-hetero) is 1. The quantitative estimate of drug-likeness (QED) is 0.688. The zero-order chi connectivity index (χ0) is 16.5. The molecule has 0 spiro atoms. The minimum Gasteiger partial charge on any atom is -0.299 e. The summed E-state index contributed by atoms with van der Waals surface area (Å²) < 4.78 is 0. The van der Waals surface area contributed by atoms with E-state index in [1.807, 2.05) is 0 Å². The first-order valence-electron chi connectivity index (χ1n) is 9.68. The fourth-order valence-corrected chi connectivity index (χ4v) is 10.6. The van der Waals surface area contributed by atoms with Gasteiger partial charge >= 0.3 is 0 Å². The summed E-state index contributed by atoms with van der Waals surface area (Å²) in [6, 6.07) is 10.9. The van der Waals surface area contributed by atoms with E-state index in [4.69, 9.17) is 0 Å². The van der Waals surface area contributed by atoms with Crippen molar-refractivity contribution in [1.29, 1.82) is 0 Å². The summed E-state index contributed by atoms with van der Waals surface area (Å²) in [6.07, 6.45) is 7.47. The molecule has 4 bridgehead atoms. The number of benzene rings is 1. The van der Waals surface area contributed by atoms with Crippen LogP contribution >= 0.6 is 10.5 Å². The fraction of sp³-hybridized carbons (Fsp3) is 0.636. The molecule has 0 radical (unpaired) electrons. The molecule has 0 N–H and O–H groups in total. The Balaban J connectivity index is 1.64. The summed E-state index contributed by atoms with van der Waals surface area (Å²) in [7, 11) is 0.280. The van der Waals surface area contributed by atoms with Crippen LogP contribution in [-0.4, -0.2) is 21.7 Å². The molecule has 3 aliphatic carbocycles. The predicted octanol–water partition coefficient (Wildman–Crippen LogP) is 5.05. The van der Waals surface area contributed by atoms with Gasteiger partial charge in [0.05, 0.1) is 0 Å². The second-order valence-corrected chi connectivity index (χ2v) is 11.3. The summed E-state index contributed by atoms with van der Waals surface area (Å²) >= 11 is 0. The van der Waals surface area contributed by atoms with Gasteiger partial charge in [-0.05, 0) is 60.3 Å². The third-order valence-corrected chi connectivity index (χ3v) is 11.2. The molecule has 1 saturated heterocycles. The number of fused-ring (bicyclic) bond motifs is 4. The molecule has 1 aromatic rings. The number of ketones is 1. The lowest BCUT2D eigenvalue weighted by atomic mass is 9.64. The van der Waals surface area contributed by atoms with Crippen LogP contribution in [0.4, 0.5) is 0 Å². The number of hydrogen-bond acceptors (Lipinski definition) is 1.